The topological polar surface area (TPSA) is 107 Å². The normalized spacial score (nSPS) is 16.1. The molecule has 32 heavy (non-hydrogen) atoms. The summed E-state index contributed by atoms with van der Waals surface area (Å²) in [5.74, 6) is 0.802. The lowest BCUT2D eigenvalue weighted by Crippen LogP contribution is -2.47. The fraction of sp³-hybridized carbons (Fsp3) is 0.304. The first-order chi connectivity index (χ1) is 15.4. The van der Waals surface area contributed by atoms with E-state index in [0.29, 0.717) is 24.2 Å². The van der Waals surface area contributed by atoms with Crippen molar-refractivity contribution in [1.29, 1.82) is 0 Å². The summed E-state index contributed by atoms with van der Waals surface area (Å²) in [6, 6.07) is 9.49. The van der Waals surface area contributed by atoms with Crippen LogP contribution in [0.4, 0.5) is 22.0 Å². The summed E-state index contributed by atoms with van der Waals surface area (Å²) in [7, 11) is 0. The minimum Gasteiger partial charge on any atom is -0.465 e. The molecule has 3 N–H and O–H groups in total. The number of carbonyl (C=O) groups excluding carboxylic acids is 1. The number of carboxylic acid groups (broad SMARTS) is 1. The fourth-order valence-electron chi connectivity index (χ4n) is 3.97. The molecule has 3 aromatic rings. The highest BCUT2D eigenvalue weighted by Crippen LogP contribution is 2.32. The summed E-state index contributed by atoms with van der Waals surface area (Å²) in [6.45, 7) is 3.25. The maximum atomic E-state index is 12.6. The van der Waals surface area contributed by atoms with Crippen molar-refractivity contribution in [3.8, 4) is 0 Å². The van der Waals surface area contributed by atoms with E-state index in [1.54, 1.807) is 12.4 Å². The van der Waals surface area contributed by atoms with Gasteiger partial charge in [-0.25, -0.2) is 9.78 Å². The number of hydrogen-bond donors (Lipinski definition) is 3. The largest absolute Gasteiger partial charge is 0.465 e. The van der Waals surface area contributed by atoms with E-state index in [9.17, 15) is 9.59 Å². The number of aromatic nitrogens is 2. The zero-order chi connectivity index (χ0) is 22.7. The van der Waals surface area contributed by atoms with Crippen LogP contribution in [0.2, 0.25) is 0 Å². The highest BCUT2D eigenvalue weighted by atomic mass is 79.9. The summed E-state index contributed by atoms with van der Waals surface area (Å²) >= 11 is 3.50. The molecule has 1 aromatic carbocycles. The number of halogens is 1. The SMILES string of the molecule is CCC(=O)c1cnc2ccc(Br)cc2c1Nc1ccc(N2CCC[C@H](NC(=O)O)C2)nc1. The Morgan fingerprint density at radius 2 is 2.06 bits per heavy atom. The number of carbonyl (C=O) groups is 2. The molecule has 166 valence electrons. The summed E-state index contributed by atoms with van der Waals surface area (Å²) in [4.78, 5) is 34.6. The van der Waals surface area contributed by atoms with Gasteiger partial charge in [0.1, 0.15) is 5.82 Å². The number of benzene rings is 1. The van der Waals surface area contributed by atoms with Crippen LogP contribution in [0.1, 0.15) is 36.5 Å². The minimum atomic E-state index is -1.00. The van der Waals surface area contributed by atoms with Crippen LogP contribution in [0, 0.1) is 0 Å². The van der Waals surface area contributed by atoms with Crippen molar-refractivity contribution in [1.82, 2.24) is 15.3 Å². The molecule has 3 heterocycles. The minimum absolute atomic E-state index is 0.0109. The van der Waals surface area contributed by atoms with Gasteiger partial charge in [-0.2, -0.15) is 0 Å². The van der Waals surface area contributed by atoms with Crippen molar-refractivity contribution < 1.29 is 14.7 Å². The molecule has 1 aliphatic heterocycles. The first-order valence-corrected chi connectivity index (χ1v) is 11.3. The average molecular weight is 498 g/mol. The number of hydrogen-bond acceptors (Lipinski definition) is 6. The molecule has 1 aliphatic rings. The van der Waals surface area contributed by atoms with Crippen molar-refractivity contribution in [2.75, 3.05) is 23.3 Å². The molecule has 2 aromatic heterocycles. The number of pyridine rings is 2. The Hall–Kier alpha value is -3.20. The van der Waals surface area contributed by atoms with E-state index >= 15 is 0 Å². The number of ketones is 1. The zero-order valence-corrected chi connectivity index (χ0v) is 19.2. The molecule has 4 rings (SSSR count). The predicted molar refractivity (Wildman–Crippen MR) is 128 cm³/mol. The van der Waals surface area contributed by atoms with Gasteiger partial charge in [-0.1, -0.05) is 22.9 Å². The van der Waals surface area contributed by atoms with Crippen LogP contribution in [0.25, 0.3) is 10.9 Å². The lowest BCUT2D eigenvalue weighted by molar-refractivity contribution is 0.0988. The number of rotatable bonds is 6. The number of piperidine rings is 1. The average Bonchev–Trinajstić information content (AvgIpc) is 2.79. The predicted octanol–water partition coefficient (Wildman–Crippen LogP) is 4.97. The van der Waals surface area contributed by atoms with Gasteiger partial charge in [-0.15, -0.1) is 0 Å². The zero-order valence-electron chi connectivity index (χ0n) is 17.6. The molecule has 0 radical (unpaired) electrons. The third-order valence-corrected chi connectivity index (χ3v) is 6.03. The molecular weight excluding hydrogens is 474 g/mol. The van der Waals surface area contributed by atoms with E-state index < -0.39 is 6.09 Å². The molecule has 9 heteroatoms. The number of anilines is 3. The van der Waals surface area contributed by atoms with Crippen LogP contribution in [-0.2, 0) is 0 Å². The molecule has 1 amide bonds. The Bertz CT molecular complexity index is 1150. The summed E-state index contributed by atoms with van der Waals surface area (Å²) < 4.78 is 0.902. The Morgan fingerprint density at radius 3 is 2.78 bits per heavy atom. The molecule has 0 aliphatic carbocycles. The maximum absolute atomic E-state index is 12.6. The van der Waals surface area contributed by atoms with Gasteiger partial charge in [-0.3, -0.25) is 9.78 Å². The monoisotopic (exact) mass is 497 g/mol. The van der Waals surface area contributed by atoms with Gasteiger partial charge in [0.25, 0.3) is 0 Å². The van der Waals surface area contributed by atoms with Crippen LogP contribution >= 0.6 is 15.9 Å². The Morgan fingerprint density at radius 1 is 1.22 bits per heavy atom. The summed E-state index contributed by atoms with van der Waals surface area (Å²) in [6.07, 6.45) is 4.45. The van der Waals surface area contributed by atoms with E-state index in [0.717, 1.165) is 46.3 Å². The first-order valence-electron chi connectivity index (χ1n) is 10.5. The van der Waals surface area contributed by atoms with Crippen LogP contribution in [-0.4, -0.2) is 46.1 Å². The number of amides is 1. The fourth-order valence-corrected chi connectivity index (χ4v) is 4.33. The van der Waals surface area contributed by atoms with Crippen LogP contribution in [0.5, 0.6) is 0 Å². The maximum Gasteiger partial charge on any atom is 0.404 e. The second-order valence-corrected chi connectivity index (χ2v) is 8.67. The van der Waals surface area contributed by atoms with Gasteiger partial charge in [0.15, 0.2) is 5.78 Å². The number of nitrogens with one attached hydrogen (secondary N) is 2. The van der Waals surface area contributed by atoms with E-state index in [4.69, 9.17) is 5.11 Å². The van der Waals surface area contributed by atoms with Crippen LogP contribution in [0.15, 0.2) is 47.2 Å². The Balaban J connectivity index is 1.60. The molecule has 0 saturated carbocycles. The smallest absolute Gasteiger partial charge is 0.404 e. The summed E-state index contributed by atoms with van der Waals surface area (Å²) in [5.41, 5.74) is 2.80. The number of Topliss-reactive ketones (excluding diaryl/α,β-unsaturated/α-hetero) is 1. The molecule has 1 atom stereocenters. The quantitative estimate of drug-likeness (QED) is 0.412. The van der Waals surface area contributed by atoms with Gasteiger partial charge >= 0.3 is 6.09 Å². The highest BCUT2D eigenvalue weighted by Gasteiger charge is 2.22. The molecule has 0 spiro atoms. The van der Waals surface area contributed by atoms with Gasteiger partial charge in [-0.05, 0) is 43.2 Å². The Labute approximate surface area is 194 Å². The van der Waals surface area contributed by atoms with E-state index in [1.807, 2.05) is 37.3 Å². The molecular formula is C23H24BrN5O3. The second-order valence-electron chi connectivity index (χ2n) is 7.75. The third kappa shape index (κ3) is 4.83. The van der Waals surface area contributed by atoms with Gasteiger partial charge < -0.3 is 20.6 Å². The molecule has 1 saturated heterocycles. The first kappa shape index (κ1) is 22.0. The lowest BCUT2D eigenvalue weighted by Gasteiger charge is -2.33. The van der Waals surface area contributed by atoms with Gasteiger partial charge in [0.05, 0.1) is 28.7 Å². The van der Waals surface area contributed by atoms with Crippen molar-refractivity contribution in [2.24, 2.45) is 0 Å². The standard InChI is InChI=1S/C23H24BrN5O3/c1-2-20(30)18-12-25-19-7-5-14(24)10-17(19)22(18)27-15-6-8-21(26-11-15)29-9-3-4-16(13-29)28-23(31)32/h5-8,10-12,16,28H,2-4,9,13H2,1H3,(H,25,27)(H,31,32)/t16-/m0/s1. The number of nitrogens with zero attached hydrogens (tertiary/aromatic N) is 3. The van der Waals surface area contributed by atoms with Gasteiger partial charge in [0, 0.05) is 41.6 Å². The number of fused-ring (bicyclic) bond motifs is 1. The third-order valence-electron chi connectivity index (χ3n) is 5.54. The molecule has 0 unspecified atom stereocenters. The molecule has 8 nitrogen and oxygen atoms in total. The van der Waals surface area contributed by atoms with Crippen molar-refractivity contribution >= 4 is 55.9 Å². The lowest BCUT2D eigenvalue weighted by atomic mass is 10.0. The molecule has 0 bridgehead atoms. The van der Waals surface area contributed by atoms with E-state index in [1.165, 1.54) is 0 Å². The highest BCUT2D eigenvalue weighted by molar-refractivity contribution is 9.10. The summed E-state index contributed by atoms with van der Waals surface area (Å²) in [5, 5.41) is 15.8. The van der Waals surface area contributed by atoms with E-state index in [2.05, 4.69) is 41.4 Å². The van der Waals surface area contributed by atoms with Crippen molar-refractivity contribution in [3.63, 3.8) is 0 Å². The second kappa shape index (κ2) is 9.52. The van der Waals surface area contributed by atoms with Crippen LogP contribution < -0.4 is 15.5 Å². The van der Waals surface area contributed by atoms with E-state index in [-0.39, 0.29) is 11.8 Å². The Kier molecular flexibility index (Phi) is 6.55. The van der Waals surface area contributed by atoms with Crippen molar-refractivity contribution in [2.45, 2.75) is 32.2 Å². The van der Waals surface area contributed by atoms with Crippen LogP contribution in [0.3, 0.4) is 0 Å². The van der Waals surface area contributed by atoms with Crippen molar-refractivity contribution in [3.05, 3.63) is 52.8 Å². The molecule has 1 fully saturated rings. The van der Waals surface area contributed by atoms with Gasteiger partial charge in [0.2, 0.25) is 0 Å².